The molecule has 0 spiro atoms. The van der Waals surface area contributed by atoms with E-state index in [1.165, 1.54) is 35.4 Å². The van der Waals surface area contributed by atoms with E-state index in [4.69, 9.17) is 4.74 Å². The van der Waals surface area contributed by atoms with E-state index in [1.54, 1.807) is 7.11 Å². The molecule has 0 radical (unpaired) electrons. The number of aryl methyl sites for hydroxylation is 1. The van der Waals surface area contributed by atoms with Crippen LogP contribution in [0.2, 0.25) is 0 Å². The Morgan fingerprint density at radius 1 is 1.23 bits per heavy atom. The first-order valence-corrected chi connectivity index (χ1v) is 7.92. The van der Waals surface area contributed by atoms with Gasteiger partial charge in [0.25, 0.3) is 0 Å². The quantitative estimate of drug-likeness (QED) is 0.852. The van der Waals surface area contributed by atoms with Gasteiger partial charge in [-0.05, 0) is 12.8 Å². The van der Waals surface area contributed by atoms with Crippen molar-refractivity contribution in [1.29, 1.82) is 0 Å². The molecular formula is C16H21N5O. The molecule has 2 aliphatic rings. The number of ether oxygens (including phenoxy) is 1. The topological polar surface area (TPSA) is 56.1 Å². The van der Waals surface area contributed by atoms with Crippen molar-refractivity contribution in [2.24, 2.45) is 0 Å². The van der Waals surface area contributed by atoms with Crippen LogP contribution in [0.25, 0.3) is 0 Å². The summed E-state index contributed by atoms with van der Waals surface area (Å²) in [5.74, 6) is 0.782. The maximum absolute atomic E-state index is 5.11. The molecule has 4 heterocycles. The molecule has 0 aliphatic carbocycles. The highest BCUT2D eigenvalue weighted by Crippen LogP contribution is 2.23. The zero-order valence-electron chi connectivity index (χ0n) is 13.0. The average Bonchev–Trinajstić information content (AvgIpc) is 3.13. The Balaban J connectivity index is 1.47. The Morgan fingerprint density at radius 3 is 3.09 bits per heavy atom. The molecule has 0 unspecified atom stereocenters. The standard InChI is InChI=1S/C16H21N5O/c1-22-11-16-17-7-12-9-20(6-4-14(12)19-16)10-13-8-18-21-5-2-3-15(13)21/h7-8H,2-6,9-11H2,1H3. The van der Waals surface area contributed by atoms with E-state index in [0.29, 0.717) is 6.61 Å². The Bertz CT molecular complexity index is 681. The van der Waals surface area contributed by atoms with E-state index in [1.807, 2.05) is 12.4 Å². The molecule has 0 amide bonds. The van der Waals surface area contributed by atoms with Crippen LogP contribution < -0.4 is 0 Å². The molecule has 2 aromatic heterocycles. The molecule has 0 N–H and O–H groups in total. The molecule has 6 heteroatoms. The fourth-order valence-corrected chi connectivity index (χ4v) is 3.45. The first-order valence-electron chi connectivity index (χ1n) is 7.92. The predicted molar refractivity (Wildman–Crippen MR) is 81.1 cm³/mol. The van der Waals surface area contributed by atoms with Gasteiger partial charge in [-0.25, -0.2) is 9.97 Å². The minimum atomic E-state index is 0.486. The maximum atomic E-state index is 5.11. The molecule has 0 aromatic carbocycles. The lowest BCUT2D eigenvalue weighted by Crippen LogP contribution is -2.31. The normalized spacial score (nSPS) is 17.5. The van der Waals surface area contributed by atoms with E-state index in [9.17, 15) is 0 Å². The number of hydrogen-bond acceptors (Lipinski definition) is 5. The molecule has 6 nitrogen and oxygen atoms in total. The summed E-state index contributed by atoms with van der Waals surface area (Å²) in [6.07, 6.45) is 7.39. The first kappa shape index (κ1) is 13.8. The first-order chi connectivity index (χ1) is 10.8. The predicted octanol–water partition coefficient (Wildman–Crippen LogP) is 1.32. The molecule has 2 aromatic rings. The van der Waals surface area contributed by atoms with E-state index in [2.05, 4.69) is 24.6 Å². The van der Waals surface area contributed by atoms with Crippen LogP contribution in [0.5, 0.6) is 0 Å². The van der Waals surface area contributed by atoms with Gasteiger partial charge in [-0.15, -0.1) is 0 Å². The number of nitrogens with zero attached hydrogens (tertiary/aromatic N) is 5. The summed E-state index contributed by atoms with van der Waals surface area (Å²) in [6, 6.07) is 0. The van der Waals surface area contributed by atoms with Crippen molar-refractivity contribution in [1.82, 2.24) is 24.6 Å². The smallest absolute Gasteiger partial charge is 0.154 e. The van der Waals surface area contributed by atoms with Gasteiger partial charge in [-0.1, -0.05) is 0 Å². The van der Waals surface area contributed by atoms with Gasteiger partial charge >= 0.3 is 0 Å². The summed E-state index contributed by atoms with van der Waals surface area (Å²) in [6.45, 7) is 4.51. The number of methoxy groups -OCH3 is 1. The highest BCUT2D eigenvalue weighted by atomic mass is 16.5. The second kappa shape index (κ2) is 5.78. The van der Waals surface area contributed by atoms with Crippen molar-refractivity contribution in [2.45, 2.75) is 45.5 Å². The van der Waals surface area contributed by atoms with Crippen LogP contribution in [0, 0.1) is 0 Å². The van der Waals surface area contributed by atoms with E-state index >= 15 is 0 Å². The zero-order valence-corrected chi connectivity index (χ0v) is 13.0. The van der Waals surface area contributed by atoms with Crippen LogP contribution in [-0.2, 0) is 43.8 Å². The van der Waals surface area contributed by atoms with Gasteiger partial charge in [-0.2, -0.15) is 5.10 Å². The Hall–Kier alpha value is -1.79. The van der Waals surface area contributed by atoms with Crippen molar-refractivity contribution in [3.8, 4) is 0 Å². The van der Waals surface area contributed by atoms with Crippen LogP contribution in [0.3, 0.4) is 0 Å². The average molecular weight is 299 g/mol. The monoisotopic (exact) mass is 299 g/mol. The van der Waals surface area contributed by atoms with E-state index in [-0.39, 0.29) is 0 Å². The molecule has 116 valence electrons. The number of aromatic nitrogens is 4. The molecule has 0 fully saturated rings. The molecule has 4 rings (SSSR count). The Labute approximate surface area is 130 Å². The molecule has 2 aliphatic heterocycles. The second-order valence-electron chi connectivity index (χ2n) is 6.10. The third kappa shape index (κ3) is 2.53. The van der Waals surface area contributed by atoms with E-state index < -0.39 is 0 Å². The minimum absolute atomic E-state index is 0.486. The Morgan fingerprint density at radius 2 is 2.18 bits per heavy atom. The summed E-state index contributed by atoms with van der Waals surface area (Å²) in [5.41, 5.74) is 5.24. The summed E-state index contributed by atoms with van der Waals surface area (Å²) < 4.78 is 7.27. The lowest BCUT2D eigenvalue weighted by atomic mass is 10.1. The number of rotatable bonds is 4. The zero-order chi connectivity index (χ0) is 14.9. The van der Waals surface area contributed by atoms with Crippen molar-refractivity contribution >= 4 is 0 Å². The van der Waals surface area contributed by atoms with Gasteiger partial charge < -0.3 is 4.74 Å². The summed E-state index contributed by atoms with van der Waals surface area (Å²) in [5, 5.41) is 4.49. The molecule has 0 bridgehead atoms. The van der Waals surface area contributed by atoms with Crippen LogP contribution in [0.4, 0.5) is 0 Å². The van der Waals surface area contributed by atoms with Crippen LogP contribution >= 0.6 is 0 Å². The summed E-state index contributed by atoms with van der Waals surface area (Å²) in [7, 11) is 1.68. The van der Waals surface area contributed by atoms with E-state index in [0.717, 1.165) is 38.4 Å². The van der Waals surface area contributed by atoms with Crippen molar-refractivity contribution in [3.63, 3.8) is 0 Å². The lowest BCUT2D eigenvalue weighted by Gasteiger charge is -2.27. The van der Waals surface area contributed by atoms with Crippen molar-refractivity contribution < 1.29 is 4.74 Å². The molecule has 0 saturated heterocycles. The molecule has 0 atom stereocenters. The van der Waals surface area contributed by atoms with Gasteiger partial charge in [0.05, 0.1) is 6.20 Å². The van der Waals surface area contributed by atoms with Crippen LogP contribution in [0.15, 0.2) is 12.4 Å². The van der Waals surface area contributed by atoms with Gasteiger partial charge in [-0.3, -0.25) is 9.58 Å². The van der Waals surface area contributed by atoms with Crippen LogP contribution in [-0.4, -0.2) is 38.3 Å². The van der Waals surface area contributed by atoms with Gasteiger partial charge in [0.1, 0.15) is 6.61 Å². The largest absolute Gasteiger partial charge is 0.377 e. The Kier molecular flexibility index (Phi) is 3.63. The fraction of sp³-hybridized carbons (Fsp3) is 0.562. The SMILES string of the molecule is COCc1ncc2c(n1)CCN(Cc1cnn3c1CCC3)C2. The third-order valence-corrected chi connectivity index (χ3v) is 4.55. The summed E-state index contributed by atoms with van der Waals surface area (Å²) >= 11 is 0. The van der Waals surface area contributed by atoms with Gasteiger partial charge in [0.2, 0.25) is 0 Å². The molecule has 0 saturated carbocycles. The van der Waals surface area contributed by atoms with Gasteiger partial charge in [0, 0.05) is 68.4 Å². The highest BCUT2D eigenvalue weighted by Gasteiger charge is 2.22. The third-order valence-electron chi connectivity index (χ3n) is 4.55. The molecular weight excluding hydrogens is 278 g/mol. The summed E-state index contributed by atoms with van der Waals surface area (Å²) in [4.78, 5) is 11.5. The second-order valence-corrected chi connectivity index (χ2v) is 6.10. The fourth-order valence-electron chi connectivity index (χ4n) is 3.45. The van der Waals surface area contributed by atoms with Crippen molar-refractivity contribution in [3.05, 3.63) is 40.7 Å². The van der Waals surface area contributed by atoms with Crippen molar-refractivity contribution in [2.75, 3.05) is 13.7 Å². The lowest BCUT2D eigenvalue weighted by molar-refractivity contribution is 0.176. The highest BCUT2D eigenvalue weighted by molar-refractivity contribution is 5.23. The minimum Gasteiger partial charge on any atom is -0.377 e. The molecule has 22 heavy (non-hydrogen) atoms. The number of fused-ring (bicyclic) bond motifs is 2. The number of hydrogen-bond donors (Lipinski definition) is 0. The van der Waals surface area contributed by atoms with Gasteiger partial charge in [0.15, 0.2) is 5.82 Å². The maximum Gasteiger partial charge on any atom is 0.154 e. The van der Waals surface area contributed by atoms with Crippen LogP contribution in [0.1, 0.15) is 34.8 Å².